The van der Waals surface area contributed by atoms with Crippen molar-refractivity contribution in [3.63, 3.8) is 0 Å². The molecule has 3 N–H and O–H groups in total. The van der Waals surface area contributed by atoms with Crippen LogP contribution in [0.4, 0.5) is 0 Å². The van der Waals surface area contributed by atoms with Gasteiger partial charge in [0.25, 0.3) is 0 Å². The van der Waals surface area contributed by atoms with E-state index in [1.165, 1.54) is 0 Å². The van der Waals surface area contributed by atoms with Crippen molar-refractivity contribution in [1.29, 1.82) is 0 Å². The quantitative estimate of drug-likeness (QED) is 0.797. The van der Waals surface area contributed by atoms with Gasteiger partial charge in [0.1, 0.15) is 0 Å². The van der Waals surface area contributed by atoms with E-state index in [4.69, 9.17) is 10.3 Å². The van der Waals surface area contributed by atoms with Crippen molar-refractivity contribution in [2.24, 2.45) is 5.73 Å². The first-order valence-electron chi connectivity index (χ1n) is 7.32. The monoisotopic (exact) mass is 289 g/mol. The van der Waals surface area contributed by atoms with E-state index in [1.807, 2.05) is 0 Å². The number of piperazine rings is 3. The third-order valence-corrected chi connectivity index (χ3v) is 4.35. The van der Waals surface area contributed by atoms with Crippen LogP contribution in [-0.2, 0) is 6.42 Å². The molecule has 2 atom stereocenters. The fraction of sp³-hybridized carbons (Fsp3) is 0.615. The summed E-state index contributed by atoms with van der Waals surface area (Å²) in [6.07, 6.45) is 4.01. The van der Waals surface area contributed by atoms with Gasteiger partial charge in [-0.15, -0.1) is 0 Å². The highest BCUT2D eigenvalue weighted by molar-refractivity contribution is 5.05. The van der Waals surface area contributed by atoms with Crippen molar-refractivity contribution in [2.75, 3.05) is 32.7 Å². The lowest BCUT2D eigenvalue weighted by molar-refractivity contribution is 0.00781. The Morgan fingerprint density at radius 3 is 2.90 bits per heavy atom. The Kier molecular flexibility index (Phi) is 3.21. The largest absolute Gasteiger partial charge is 0.348 e. The molecule has 112 valence electrons. The molecule has 0 aliphatic carbocycles. The SMILES string of the molecule is N[C@H](Cc1cnc[nH]1)c1nc(C2CN3CCN2CC3)no1. The molecule has 5 rings (SSSR count). The summed E-state index contributed by atoms with van der Waals surface area (Å²) >= 11 is 0. The minimum Gasteiger partial charge on any atom is -0.348 e. The molecule has 1 unspecified atom stereocenters. The second kappa shape index (κ2) is 5.21. The fourth-order valence-electron chi connectivity index (χ4n) is 3.12. The number of imidazole rings is 1. The van der Waals surface area contributed by atoms with Crippen molar-refractivity contribution < 1.29 is 4.52 Å². The zero-order chi connectivity index (χ0) is 14.2. The average Bonchev–Trinajstić information content (AvgIpc) is 3.19. The number of aromatic nitrogens is 4. The van der Waals surface area contributed by atoms with Gasteiger partial charge < -0.3 is 15.2 Å². The number of hydrogen-bond donors (Lipinski definition) is 2. The van der Waals surface area contributed by atoms with Crippen LogP contribution in [0.25, 0.3) is 0 Å². The van der Waals surface area contributed by atoms with Gasteiger partial charge in [0.2, 0.25) is 5.89 Å². The molecule has 0 amide bonds. The van der Waals surface area contributed by atoms with E-state index in [0.717, 1.165) is 44.2 Å². The molecule has 0 aromatic carbocycles. The molecule has 3 saturated heterocycles. The molecule has 0 saturated carbocycles. The molecule has 2 aromatic rings. The van der Waals surface area contributed by atoms with Gasteiger partial charge in [-0.3, -0.25) is 9.80 Å². The smallest absolute Gasteiger partial charge is 0.244 e. The first-order chi connectivity index (χ1) is 10.3. The minimum atomic E-state index is -0.303. The molecule has 3 aliphatic rings. The lowest BCUT2D eigenvalue weighted by atomic mass is 10.1. The topological polar surface area (TPSA) is 100 Å². The molecule has 8 heteroatoms. The van der Waals surface area contributed by atoms with Crippen LogP contribution in [0.1, 0.15) is 29.5 Å². The Morgan fingerprint density at radius 2 is 2.24 bits per heavy atom. The third kappa shape index (κ3) is 2.45. The summed E-state index contributed by atoms with van der Waals surface area (Å²) in [5, 5.41) is 4.15. The van der Waals surface area contributed by atoms with E-state index in [9.17, 15) is 0 Å². The third-order valence-electron chi connectivity index (χ3n) is 4.35. The number of hydrogen-bond acceptors (Lipinski definition) is 7. The van der Waals surface area contributed by atoms with Gasteiger partial charge in [-0.25, -0.2) is 4.98 Å². The van der Waals surface area contributed by atoms with Crippen LogP contribution in [0.15, 0.2) is 17.0 Å². The van der Waals surface area contributed by atoms with Gasteiger partial charge in [0.15, 0.2) is 5.82 Å². The van der Waals surface area contributed by atoms with E-state index >= 15 is 0 Å². The number of nitrogens with zero attached hydrogens (tertiary/aromatic N) is 5. The lowest BCUT2D eigenvalue weighted by Crippen LogP contribution is -2.57. The highest BCUT2D eigenvalue weighted by Crippen LogP contribution is 2.27. The molecule has 0 spiro atoms. The summed E-state index contributed by atoms with van der Waals surface area (Å²) in [5.74, 6) is 1.26. The fourth-order valence-corrected chi connectivity index (χ4v) is 3.12. The maximum atomic E-state index is 6.14. The van der Waals surface area contributed by atoms with Gasteiger partial charge in [0.05, 0.1) is 18.4 Å². The van der Waals surface area contributed by atoms with E-state index < -0.39 is 0 Å². The highest BCUT2D eigenvalue weighted by atomic mass is 16.5. The maximum Gasteiger partial charge on any atom is 0.244 e. The molecule has 2 bridgehead atoms. The predicted octanol–water partition coefficient (Wildman–Crippen LogP) is -0.292. The highest BCUT2D eigenvalue weighted by Gasteiger charge is 2.35. The Bertz CT molecular complexity index is 587. The lowest BCUT2D eigenvalue weighted by Gasteiger charge is -2.46. The van der Waals surface area contributed by atoms with Crippen LogP contribution in [0.5, 0.6) is 0 Å². The number of fused-ring (bicyclic) bond motifs is 3. The van der Waals surface area contributed by atoms with Gasteiger partial charge in [-0.2, -0.15) is 4.98 Å². The Hall–Kier alpha value is -1.77. The average molecular weight is 289 g/mol. The Morgan fingerprint density at radius 1 is 1.38 bits per heavy atom. The summed E-state index contributed by atoms with van der Waals surface area (Å²) in [6, 6.07) is -0.0628. The molecular weight excluding hydrogens is 270 g/mol. The normalized spacial score (nSPS) is 29.7. The standard InChI is InChI=1S/C13H19N7O/c14-10(5-9-6-15-8-16-9)13-17-12(18-21-13)11-7-19-1-3-20(11)4-2-19/h6,8,10-11H,1-5,7,14H2,(H,15,16)/t10-,11?/m1/s1. The van der Waals surface area contributed by atoms with Crippen molar-refractivity contribution in [3.05, 3.63) is 29.9 Å². The van der Waals surface area contributed by atoms with E-state index in [1.54, 1.807) is 12.5 Å². The van der Waals surface area contributed by atoms with Gasteiger partial charge in [-0.05, 0) is 0 Å². The van der Waals surface area contributed by atoms with Crippen LogP contribution in [0, 0.1) is 0 Å². The number of rotatable bonds is 4. The predicted molar refractivity (Wildman–Crippen MR) is 74.3 cm³/mol. The zero-order valence-corrected chi connectivity index (χ0v) is 11.8. The van der Waals surface area contributed by atoms with Gasteiger partial charge in [0, 0.05) is 51.0 Å². The first kappa shape index (κ1) is 12.9. The summed E-state index contributed by atoms with van der Waals surface area (Å²) < 4.78 is 5.37. The van der Waals surface area contributed by atoms with Crippen LogP contribution in [0.3, 0.4) is 0 Å². The molecule has 21 heavy (non-hydrogen) atoms. The number of aromatic amines is 1. The van der Waals surface area contributed by atoms with E-state index in [2.05, 4.69) is 29.9 Å². The molecule has 2 aromatic heterocycles. The van der Waals surface area contributed by atoms with E-state index in [-0.39, 0.29) is 12.1 Å². The molecule has 0 radical (unpaired) electrons. The van der Waals surface area contributed by atoms with Crippen molar-refractivity contribution in [1.82, 2.24) is 29.9 Å². The van der Waals surface area contributed by atoms with Crippen molar-refractivity contribution in [3.8, 4) is 0 Å². The summed E-state index contributed by atoms with van der Waals surface area (Å²) in [5.41, 5.74) is 7.10. The molecular formula is C13H19N7O. The molecule has 3 fully saturated rings. The second-order valence-electron chi connectivity index (χ2n) is 5.73. The second-order valence-corrected chi connectivity index (χ2v) is 5.73. The number of nitrogens with two attached hydrogens (primary N) is 1. The van der Waals surface area contributed by atoms with Gasteiger partial charge >= 0.3 is 0 Å². The van der Waals surface area contributed by atoms with Crippen LogP contribution < -0.4 is 5.73 Å². The summed E-state index contributed by atoms with van der Waals surface area (Å²) in [6.45, 7) is 5.42. The molecule has 3 aliphatic heterocycles. The van der Waals surface area contributed by atoms with Gasteiger partial charge in [-0.1, -0.05) is 5.16 Å². The van der Waals surface area contributed by atoms with E-state index in [0.29, 0.717) is 12.3 Å². The van der Waals surface area contributed by atoms with Crippen LogP contribution in [0.2, 0.25) is 0 Å². The van der Waals surface area contributed by atoms with Crippen LogP contribution in [-0.4, -0.2) is 62.6 Å². The zero-order valence-electron chi connectivity index (χ0n) is 11.8. The number of H-pyrrole nitrogens is 1. The molecule has 5 heterocycles. The Balaban J connectivity index is 1.48. The Labute approximate surface area is 122 Å². The minimum absolute atomic E-state index is 0.240. The maximum absolute atomic E-state index is 6.14. The van der Waals surface area contributed by atoms with Crippen LogP contribution >= 0.6 is 0 Å². The summed E-state index contributed by atoms with van der Waals surface area (Å²) in [4.78, 5) is 16.4. The number of nitrogens with one attached hydrogen (secondary N) is 1. The summed E-state index contributed by atoms with van der Waals surface area (Å²) in [7, 11) is 0. The molecule has 8 nitrogen and oxygen atoms in total. The van der Waals surface area contributed by atoms with Crippen molar-refractivity contribution >= 4 is 0 Å². The first-order valence-corrected chi connectivity index (χ1v) is 7.32. The van der Waals surface area contributed by atoms with Crippen molar-refractivity contribution in [2.45, 2.75) is 18.5 Å².